The van der Waals surface area contributed by atoms with Crippen molar-refractivity contribution in [2.24, 2.45) is 0 Å². The van der Waals surface area contributed by atoms with Crippen LogP contribution < -0.4 is 20.1 Å². The second kappa shape index (κ2) is 8.98. The fraction of sp³-hybridized carbons (Fsp3) is 0.182. The quantitative estimate of drug-likeness (QED) is 0.547. The number of rotatable bonds is 5. The highest BCUT2D eigenvalue weighted by molar-refractivity contribution is 7.08. The largest absolute Gasteiger partial charge is 0.486 e. The molecular formula is C22H20N2O5S. The molecule has 7 nitrogen and oxygen atoms in total. The van der Waals surface area contributed by atoms with Crippen molar-refractivity contribution in [2.45, 2.75) is 6.10 Å². The van der Waals surface area contributed by atoms with Crippen molar-refractivity contribution >= 4 is 28.8 Å². The van der Waals surface area contributed by atoms with Crippen molar-refractivity contribution in [3.63, 3.8) is 0 Å². The zero-order valence-electron chi connectivity index (χ0n) is 16.0. The van der Waals surface area contributed by atoms with Crippen LogP contribution in [0.5, 0.6) is 11.5 Å². The van der Waals surface area contributed by atoms with Gasteiger partial charge >= 0.3 is 11.8 Å². The van der Waals surface area contributed by atoms with Gasteiger partial charge in [-0.1, -0.05) is 24.3 Å². The first-order valence-corrected chi connectivity index (χ1v) is 10.3. The Morgan fingerprint density at radius 3 is 2.47 bits per heavy atom. The third kappa shape index (κ3) is 4.61. The first-order valence-electron chi connectivity index (χ1n) is 9.39. The van der Waals surface area contributed by atoms with Crippen molar-refractivity contribution < 1.29 is 24.2 Å². The molecule has 0 saturated carbocycles. The molecule has 1 atom stereocenters. The summed E-state index contributed by atoms with van der Waals surface area (Å²) in [6.45, 7) is 0.822. The van der Waals surface area contributed by atoms with Gasteiger partial charge in [0.05, 0.1) is 6.10 Å². The third-order valence-electron chi connectivity index (χ3n) is 4.61. The zero-order chi connectivity index (χ0) is 20.9. The smallest absolute Gasteiger partial charge is 0.313 e. The lowest BCUT2D eigenvalue weighted by Gasteiger charge is -2.19. The number of anilines is 1. The Bertz CT molecular complexity index is 1030. The number of nitrogens with one attached hydrogen (secondary N) is 2. The molecule has 3 N–H and O–H groups in total. The standard InChI is InChI=1S/C22H20N2O5S/c25-18(15-3-1-14(2-4-15)16-7-10-30-13-16)12-23-21(26)22(27)24-17-5-6-19-20(11-17)29-9-8-28-19/h1-7,10-11,13,18,25H,8-9,12H2,(H,23,26)(H,24,27)/t18-/m0/s1. The lowest BCUT2D eigenvalue weighted by atomic mass is 10.0. The number of carbonyl (C=O) groups excluding carboxylic acids is 2. The van der Waals surface area contributed by atoms with Crippen molar-refractivity contribution in [2.75, 3.05) is 25.1 Å². The SMILES string of the molecule is O=C(NC[C@H](O)c1ccc(-c2ccsc2)cc1)C(=O)Nc1ccc2c(c1)OCCO2. The van der Waals surface area contributed by atoms with Crippen LogP contribution in [0, 0.1) is 0 Å². The van der Waals surface area contributed by atoms with Gasteiger partial charge in [0.2, 0.25) is 0 Å². The van der Waals surface area contributed by atoms with E-state index in [2.05, 4.69) is 10.6 Å². The van der Waals surface area contributed by atoms with Crippen LogP contribution in [0.25, 0.3) is 11.1 Å². The minimum Gasteiger partial charge on any atom is -0.486 e. The van der Waals surface area contributed by atoms with Crippen LogP contribution in [0.4, 0.5) is 5.69 Å². The average Bonchev–Trinajstić information content (AvgIpc) is 3.32. The van der Waals surface area contributed by atoms with E-state index in [1.807, 2.05) is 29.0 Å². The molecule has 2 heterocycles. The topological polar surface area (TPSA) is 96.9 Å². The molecule has 0 radical (unpaired) electrons. The van der Waals surface area contributed by atoms with E-state index in [4.69, 9.17) is 9.47 Å². The molecule has 154 valence electrons. The summed E-state index contributed by atoms with van der Waals surface area (Å²) in [6.07, 6.45) is -0.924. The van der Waals surface area contributed by atoms with Gasteiger partial charge in [0.25, 0.3) is 0 Å². The summed E-state index contributed by atoms with van der Waals surface area (Å²) in [4.78, 5) is 24.2. The number of aliphatic hydroxyl groups excluding tert-OH is 1. The molecule has 1 aliphatic heterocycles. The lowest BCUT2D eigenvalue weighted by molar-refractivity contribution is -0.136. The minimum absolute atomic E-state index is 0.0782. The number of carbonyl (C=O) groups is 2. The fourth-order valence-electron chi connectivity index (χ4n) is 3.02. The molecule has 1 aromatic heterocycles. The Kier molecular flexibility index (Phi) is 5.97. The molecule has 30 heavy (non-hydrogen) atoms. The first kappa shape index (κ1) is 19.9. The van der Waals surface area contributed by atoms with Crippen molar-refractivity contribution in [3.8, 4) is 22.6 Å². The van der Waals surface area contributed by atoms with Crippen LogP contribution in [0.15, 0.2) is 59.3 Å². The monoisotopic (exact) mass is 424 g/mol. The van der Waals surface area contributed by atoms with Crippen LogP contribution >= 0.6 is 11.3 Å². The van der Waals surface area contributed by atoms with Crippen molar-refractivity contribution in [3.05, 3.63) is 64.9 Å². The summed E-state index contributed by atoms with van der Waals surface area (Å²) in [6, 6.07) is 14.4. The Hall–Kier alpha value is -3.36. The summed E-state index contributed by atoms with van der Waals surface area (Å²) in [7, 11) is 0. The first-order chi connectivity index (χ1) is 14.6. The lowest BCUT2D eigenvalue weighted by Crippen LogP contribution is -2.37. The van der Waals surface area contributed by atoms with Gasteiger partial charge in [-0.15, -0.1) is 0 Å². The van der Waals surface area contributed by atoms with E-state index in [-0.39, 0.29) is 6.54 Å². The van der Waals surface area contributed by atoms with E-state index in [0.29, 0.717) is 36.0 Å². The van der Waals surface area contributed by atoms with Gasteiger partial charge in [-0.25, -0.2) is 0 Å². The Morgan fingerprint density at radius 1 is 0.967 bits per heavy atom. The number of aliphatic hydroxyl groups is 1. The van der Waals surface area contributed by atoms with Gasteiger partial charge in [-0.3, -0.25) is 9.59 Å². The van der Waals surface area contributed by atoms with E-state index >= 15 is 0 Å². The maximum absolute atomic E-state index is 12.1. The van der Waals surface area contributed by atoms with Crippen LogP contribution in [0.2, 0.25) is 0 Å². The van der Waals surface area contributed by atoms with Gasteiger partial charge in [0.15, 0.2) is 11.5 Å². The number of fused-ring (bicyclic) bond motifs is 1. The van der Waals surface area contributed by atoms with Gasteiger partial charge in [0, 0.05) is 18.3 Å². The summed E-state index contributed by atoms with van der Waals surface area (Å²) in [5.74, 6) is -0.553. The molecule has 3 aromatic rings. The molecule has 0 saturated heterocycles. The molecular weight excluding hydrogens is 404 g/mol. The molecule has 2 amide bonds. The van der Waals surface area contributed by atoms with E-state index in [1.165, 1.54) is 0 Å². The van der Waals surface area contributed by atoms with Gasteiger partial charge in [0.1, 0.15) is 13.2 Å². The molecule has 0 unspecified atom stereocenters. The van der Waals surface area contributed by atoms with E-state index < -0.39 is 17.9 Å². The molecule has 8 heteroatoms. The number of amides is 2. The highest BCUT2D eigenvalue weighted by Gasteiger charge is 2.18. The summed E-state index contributed by atoms with van der Waals surface area (Å²) >= 11 is 1.62. The van der Waals surface area contributed by atoms with Gasteiger partial charge in [-0.2, -0.15) is 11.3 Å². The number of ether oxygens (including phenoxy) is 2. The van der Waals surface area contributed by atoms with Crippen LogP contribution in [0.3, 0.4) is 0 Å². The van der Waals surface area contributed by atoms with Crippen LogP contribution in [-0.2, 0) is 9.59 Å². The van der Waals surface area contributed by atoms with Crippen LogP contribution in [0.1, 0.15) is 11.7 Å². The van der Waals surface area contributed by atoms with E-state index in [9.17, 15) is 14.7 Å². The summed E-state index contributed by atoms with van der Waals surface area (Å²) < 4.78 is 10.9. The van der Waals surface area contributed by atoms with Crippen LogP contribution in [-0.4, -0.2) is 36.7 Å². The van der Waals surface area contributed by atoms with Crippen molar-refractivity contribution in [1.29, 1.82) is 0 Å². The zero-order valence-corrected chi connectivity index (χ0v) is 16.8. The maximum Gasteiger partial charge on any atom is 0.313 e. The number of thiophene rings is 1. The molecule has 1 aliphatic rings. The Labute approximate surface area is 177 Å². The second-order valence-electron chi connectivity index (χ2n) is 6.67. The van der Waals surface area contributed by atoms with Crippen molar-refractivity contribution in [1.82, 2.24) is 5.32 Å². The Balaban J connectivity index is 1.30. The second-order valence-corrected chi connectivity index (χ2v) is 7.45. The fourth-order valence-corrected chi connectivity index (χ4v) is 3.69. The predicted molar refractivity (Wildman–Crippen MR) is 114 cm³/mol. The number of hydrogen-bond donors (Lipinski definition) is 3. The highest BCUT2D eigenvalue weighted by atomic mass is 32.1. The number of hydrogen-bond acceptors (Lipinski definition) is 6. The predicted octanol–water partition coefficient (Wildman–Crippen LogP) is 2.97. The normalized spacial score (nSPS) is 13.4. The molecule has 4 rings (SSSR count). The molecule has 0 spiro atoms. The maximum atomic E-state index is 12.1. The van der Waals surface area contributed by atoms with Gasteiger partial charge in [-0.05, 0) is 45.6 Å². The summed E-state index contributed by atoms with van der Waals surface area (Å²) in [5, 5.41) is 19.3. The molecule has 0 aliphatic carbocycles. The Morgan fingerprint density at radius 2 is 1.73 bits per heavy atom. The minimum atomic E-state index is -0.924. The van der Waals surface area contributed by atoms with E-state index in [1.54, 1.807) is 41.7 Å². The van der Waals surface area contributed by atoms with E-state index in [0.717, 1.165) is 11.1 Å². The summed E-state index contributed by atoms with van der Waals surface area (Å²) in [5.41, 5.74) is 3.24. The molecule has 0 fully saturated rings. The van der Waals surface area contributed by atoms with Gasteiger partial charge < -0.3 is 25.2 Å². The third-order valence-corrected chi connectivity index (χ3v) is 5.30. The highest BCUT2D eigenvalue weighted by Crippen LogP contribution is 2.32. The average molecular weight is 424 g/mol. The molecule has 0 bridgehead atoms. The molecule has 2 aromatic carbocycles. The number of benzene rings is 2.